The van der Waals surface area contributed by atoms with Gasteiger partial charge in [-0.25, -0.2) is 4.79 Å². The van der Waals surface area contributed by atoms with Gasteiger partial charge in [0.1, 0.15) is 13.2 Å². The lowest BCUT2D eigenvalue weighted by Gasteiger charge is -2.23. The lowest BCUT2D eigenvalue weighted by Crippen LogP contribution is -3.00. The van der Waals surface area contributed by atoms with Crippen LogP contribution in [0, 0.1) is 3.57 Å². The third-order valence-corrected chi connectivity index (χ3v) is 3.03. The van der Waals surface area contributed by atoms with Crippen LogP contribution in [0.3, 0.4) is 0 Å². The second kappa shape index (κ2) is 7.18. The Labute approximate surface area is 122 Å². The highest BCUT2D eigenvalue weighted by atomic mass is 125. The Balaban J connectivity index is 0.00000256. The van der Waals surface area contributed by atoms with E-state index in [0.717, 1.165) is 14.6 Å². The number of hydrogen-bond donors (Lipinski definition) is 0. The van der Waals surface area contributed by atoms with Gasteiger partial charge in [-0.2, -0.15) is 0 Å². The third kappa shape index (κ3) is 6.24. The maximum atomic E-state index is 11.7. The van der Waals surface area contributed by atoms with Crippen molar-refractivity contribution in [3.05, 3.63) is 33.4 Å². The molecule has 0 spiro atoms. The molecule has 0 aliphatic heterocycles. The van der Waals surface area contributed by atoms with Gasteiger partial charge in [-0.3, -0.25) is 0 Å². The lowest BCUT2D eigenvalue weighted by molar-refractivity contribution is -0.870. The first-order valence-electron chi connectivity index (χ1n) is 5.12. The molecule has 0 aliphatic carbocycles. The number of quaternary nitrogens is 1. The summed E-state index contributed by atoms with van der Waals surface area (Å²) in [6.45, 7) is 1.27. The van der Waals surface area contributed by atoms with Crippen LogP contribution in [0.4, 0.5) is 0 Å². The van der Waals surface area contributed by atoms with Crippen molar-refractivity contribution in [3.8, 4) is 0 Å². The summed E-state index contributed by atoms with van der Waals surface area (Å²) < 4.78 is 6.94. The van der Waals surface area contributed by atoms with Crippen molar-refractivity contribution in [3.63, 3.8) is 0 Å². The number of likely N-dealkylation sites (N-methyl/N-ethyl adjacent to an activating group) is 1. The topological polar surface area (TPSA) is 26.3 Å². The van der Waals surface area contributed by atoms with Crippen molar-refractivity contribution in [1.29, 1.82) is 0 Å². The van der Waals surface area contributed by atoms with Gasteiger partial charge in [-0.1, -0.05) is 12.1 Å². The summed E-state index contributed by atoms with van der Waals surface area (Å²) in [5.41, 5.74) is 0.643. The molecule has 1 aromatic rings. The molecule has 0 saturated heterocycles. The molecule has 0 heterocycles. The Bertz CT molecular complexity index is 377. The van der Waals surface area contributed by atoms with E-state index in [2.05, 4.69) is 43.7 Å². The molecule has 1 rings (SSSR count). The van der Waals surface area contributed by atoms with E-state index < -0.39 is 0 Å². The quantitative estimate of drug-likeness (QED) is 0.394. The standard InChI is InChI=1S/C12H17INO2.ClH/c1-14(2,3)8-9-16-12(15)10-6-4-5-7-11(10)13;/h4-7H,8-9H2,1-3H3;1H/q+1;/p-1/i13-2;. The predicted molar refractivity (Wildman–Crippen MR) is 72.3 cm³/mol. The fourth-order valence-corrected chi connectivity index (χ4v) is 1.72. The predicted octanol–water partition coefficient (Wildman–Crippen LogP) is -0.842. The van der Waals surface area contributed by atoms with E-state index >= 15 is 0 Å². The molecule has 3 nitrogen and oxygen atoms in total. The zero-order valence-corrected chi connectivity index (χ0v) is 13.2. The van der Waals surface area contributed by atoms with E-state index in [1.807, 2.05) is 18.2 Å². The molecule has 1 aromatic carbocycles. The van der Waals surface area contributed by atoms with Gasteiger partial charge >= 0.3 is 5.97 Å². The number of esters is 1. The van der Waals surface area contributed by atoms with E-state index in [-0.39, 0.29) is 18.4 Å². The van der Waals surface area contributed by atoms with Crippen molar-refractivity contribution in [1.82, 2.24) is 0 Å². The summed E-state index contributed by atoms with van der Waals surface area (Å²) >= 11 is 2.14. The fraction of sp³-hybridized carbons (Fsp3) is 0.417. The summed E-state index contributed by atoms with van der Waals surface area (Å²) in [5.74, 6) is -0.238. The average molecular weight is 368 g/mol. The smallest absolute Gasteiger partial charge is 0.339 e. The molecule has 0 atom stereocenters. The maximum Gasteiger partial charge on any atom is 0.339 e. The second-order valence-corrected chi connectivity index (χ2v) is 5.79. The minimum absolute atomic E-state index is 0. The molecule has 0 aliphatic rings. The van der Waals surface area contributed by atoms with Gasteiger partial charge in [0.25, 0.3) is 0 Å². The molecule has 96 valence electrons. The van der Waals surface area contributed by atoms with Crippen LogP contribution in [0.1, 0.15) is 10.4 Å². The number of ether oxygens (including phenoxy) is 1. The summed E-state index contributed by atoms with van der Waals surface area (Å²) in [6.07, 6.45) is 0. The Morgan fingerprint density at radius 2 is 1.88 bits per heavy atom. The number of carbonyl (C=O) groups excluding carboxylic acids is 1. The Morgan fingerprint density at radius 3 is 2.41 bits per heavy atom. The number of carbonyl (C=O) groups is 1. The van der Waals surface area contributed by atoms with Gasteiger partial charge in [-0.05, 0) is 34.7 Å². The van der Waals surface area contributed by atoms with Gasteiger partial charge in [-0.15, -0.1) is 0 Å². The Hall–Kier alpha value is -0.330. The molecule has 0 N–H and O–H groups in total. The zero-order chi connectivity index (χ0) is 12.2. The average Bonchev–Trinajstić information content (AvgIpc) is 2.16. The van der Waals surface area contributed by atoms with Crippen molar-refractivity contribution in [2.24, 2.45) is 0 Å². The minimum Gasteiger partial charge on any atom is -1.00 e. The van der Waals surface area contributed by atoms with Crippen LogP contribution in [0.5, 0.6) is 0 Å². The van der Waals surface area contributed by atoms with Gasteiger partial charge in [0.15, 0.2) is 0 Å². The van der Waals surface area contributed by atoms with Gasteiger partial charge in [0.2, 0.25) is 0 Å². The second-order valence-electron chi connectivity index (χ2n) is 4.63. The molecule has 0 unspecified atom stereocenters. The molecule has 0 amide bonds. The monoisotopic (exact) mass is 367 g/mol. The summed E-state index contributed by atoms with van der Waals surface area (Å²) in [6, 6.07) is 7.44. The number of nitrogens with zero attached hydrogens (tertiary/aromatic N) is 1. The van der Waals surface area contributed by atoms with Crippen LogP contribution in [0.2, 0.25) is 0 Å². The van der Waals surface area contributed by atoms with Crippen molar-refractivity contribution in [2.45, 2.75) is 0 Å². The van der Waals surface area contributed by atoms with Gasteiger partial charge in [0.05, 0.1) is 26.7 Å². The first-order valence-corrected chi connectivity index (χ1v) is 6.20. The van der Waals surface area contributed by atoms with Crippen LogP contribution < -0.4 is 12.4 Å². The molecule has 0 radical (unpaired) electrons. The maximum absolute atomic E-state index is 11.7. The lowest BCUT2D eigenvalue weighted by atomic mass is 10.2. The minimum atomic E-state index is -0.238. The fourth-order valence-electron chi connectivity index (χ4n) is 1.12. The highest BCUT2D eigenvalue weighted by Crippen LogP contribution is 2.12. The molecular formula is C12H17ClINO2. The molecule has 0 aromatic heterocycles. The van der Waals surface area contributed by atoms with Crippen LogP contribution >= 0.6 is 22.6 Å². The van der Waals surface area contributed by atoms with Crippen LogP contribution in [-0.2, 0) is 4.74 Å². The summed E-state index contributed by atoms with van der Waals surface area (Å²) in [5, 5.41) is 0. The number of benzene rings is 1. The summed E-state index contributed by atoms with van der Waals surface area (Å²) in [4.78, 5) is 11.7. The van der Waals surface area contributed by atoms with Crippen LogP contribution in [0.25, 0.3) is 0 Å². The molecular weight excluding hydrogens is 350 g/mol. The zero-order valence-electron chi connectivity index (χ0n) is 10.2. The van der Waals surface area contributed by atoms with E-state index in [4.69, 9.17) is 4.74 Å². The highest BCUT2D eigenvalue weighted by molar-refractivity contribution is 14.1. The van der Waals surface area contributed by atoms with E-state index in [1.54, 1.807) is 6.07 Å². The molecule has 17 heavy (non-hydrogen) atoms. The summed E-state index contributed by atoms with van der Waals surface area (Å²) in [7, 11) is 6.21. The highest BCUT2D eigenvalue weighted by Gasteiger charge is 2.12. The van der Waals surface area contributed by atoms with Crippen LogP contribution in [0.15, 0.2) is 24.3 Å². The van der Waals surface area contributed by atoms with Crippen molar-refractivity contribution >= 4 is 28.6 Å². The van der Waals surface area contributed by atoms with E-state index in [9.17, 15) is 4.79 Å². The first-order chi connectivity index (χ1) is 7.40. The third-order valence-electron chi connectivity index (χ3n) is 2.09. The van der Waals surface area contributed by atoms with E-state index in [1.165, 1.54) is 0 Å². The first kappa shape index (κ1) is 16.7. The Kier molecular flexibility index (Phi) is 7.04. The largest absolute Gasteiger partial charge is 1.00 e. The SMILES string of the molecule is C[N+](C)(C)CCOC(=O)c1ccccc1[125I].[Cl-]. The Morgan fingerprint density at radius 1 is 1.29 bits per heavy atom. The van der Waals surface area contributed by atoms with Crippen molar-refractivity contribution in [2.75, 3.05) is 34.3 Å². The number of rotatable bonds is 4. The van der Waals surface area contributed by atoms with Gasteiger partial charge < -0.3 is 21.6 Å². The van der Waals surface area contributed by atoms with E-state index in [0.29, 0.717) is 12.2 Å². The number of hydrogen-bond acceptors (Lipinski definition) is 2. The molecule has 0 saturated carbocycles. The molecule has 0 fully saturated rings. The normalized spacial score (nSPS) is 10.6. The molecule has 0 bridgehead atoms. The molecule has 5 heteroatoms. The van der Waals surface area contributed by atoms with Crippen molar-refractivity contribution < 1.29 is 26.4 Å². The number of halogens is 2. The van der Waals surface area contributed by atoms with Gasteiger partial charge in [0, 0.05) is 3.57 Å². The van der Waals surface area contributed by atoms with Crippen LogP contribution in [-0.4, -0.2) is 44.7 Å².